The average Bonchev–Trinajstić information content (AvgIpc) is 3.31. The zero-order valence-corrected chi connectivity index (χ0v) is 21.0. The molecule has 2 amide bonds. The third-order valence-electron chi connectivity index (χ3n) is 7.05. The number of amides is 2. The molecule has 1 saturated heterocycles. The molecular formula is C26H15Cl2F6NO4. The van der Waals surface area contributed by atoms with Crippen molar-refractivity contribution < 1.29 is 45.4 Å². The Morgan fingerprint density at radius 1 is 0.744 bits per heavy atom. The molecule has 0 N–H and O–H groups in total. The van der Waals surface area contributed by atoms with E-state index in [-0.39, 0.29) is 15.7 Å². The van der Waals surface area contributed by atoms with Gasteiger partial charge in [0.1, 0.15) is 11.5 Å². The molecule has 0 bridgehead atoms. The maximum Gasteiger partial charge on any atom is 0.573 e. The SMILES string of the molecule is CC12C(=O)N(c3cc(Cl)cc(Cl)c3)C(=O)C1C2(c1ccc(OC(F)(F)F)cc1)c1ccc(OC(F)(F)F)cc1. The van der Waals surface area contributed by atoms with Gasteiger partial charge in [-0.15, -0.1) is 26.3 Å². The fourth-order valence-corrected chi connectivity index (χ4v) is 6.17. The average molecular weight is 590 g/mol. The topological polar surface area (TPSA) is 55.8 Å². The third-order valence-corrected chi connectivity index (χ3v) is 7.49. The third kappa shape index (κ3) is 4.37. The zero-order chi connectivity index (χ0) is 28.5. The zero-order valence-electron chi connectivity index (χ0n) is 19.5. The van der Waals surface area contributed by atoms with Crippen LogP contribution < -0.4 is 14.4 Å². The molecule has 5 rings (SSSR count). The van der Waals surface area contributed by atoms with Gasteiger partial charge in [-0.05, 0) is 60.5 Å². The van der Waals surface area contributed by atoms with Crippen LogP contribution in [0.2, 0.25) is 10.0 Å². The van der Waals surface area contributed by atoms with E-state index >= 15 is 0 Å². The van der Waals surface area contributed by atoms with E-state index in [1.807, 2.05) is 0 Å². The summed E-state index contributed by atoms with van der Waals surface area (Å²) in [6, 6.07) is 13.4. The van der Waals surface area contributed by atoms with E-state index in [9.17, 15) is 35.9 Å². The molecule has 39 heavy (non-hydrogen) atoms. The van der Waals surface area contributed by atoms with Crippen LogP contribution >= 0.6 is 23.2 Å². The summed E-state index contributed by atoms with van der Waals surface area (Å²) in [5.74, 6) is -3.37. The van der Waals surface area contributed by atoms with Crippen LogP contribution in [-0.2, 0) is 15.0 Å². The molecule has 1 aliphatic carbocycles. The first-order valence-electron chi connectivity index (χ1n) is 11.1. The highest BCUT2D eigenvalue weighted by Crippen LogP contribution is 2.76. The molecule has 1 saturated carbocycles. The van der Waals surface area contributed by atoms with Gasteiger partial charge in [-0.2, -0.15) is 0 Å². The largest absolute Gasteiger partial charge is 0.573 e. The molecule has 2 fully saturated rings. The first-order chi connectivity index (χ1) is 18.1. The van der Waals surface area contributed by atoms with Gasteiger partial charge in [-0.1, -0.05) is 47.5 Å². The van der Waals surface area contributed by atoms with Crippen LogP contribution in [0, 0.1) is 11.3 Å². The number of carbonyl (C=O) groups excluding carboxylic acids is 2. The van der Waals surface area contributed by atoms with Crippen molar-refractivity contribution in [3.63, 3.8) is 0 Å². The second-order valence-corrected chi connectivity index (χ2v) is 10.1. The Balaban J connectivity index is 1.60. The minimum atomic E-state index is -4.94. The number of carbonyl (C=O) groups is 2. The molecule has 3 aromatic rings. The van der Waals surface area contributed by atoms with E-state index in [0.29, 0.717) is 11.1 Å². The summed E-state index contributed by atoms with van der Waals surface area (Å²) in [5.41, 5.74) is -2.14. The Morgan fingerprint density at radius 2 is 1.15 bits per heavy atom. The first-order valence-corrected chi connectivity index (χ1v) is 11.9. The molecular weight excluding hydrogens is 575 g/mol. The monoisotopic (exact) mass is 589 g/mol. The minimum absolute atomic E-state index is 0.132. The van der Waals surface area contributed by atoms with Gasteiger partial charge in [0.05, 0.1) is 17.0 Å². The lowest BCUT2D eigenvalue weighted by atomic mass is 9.79. The number of anilines is 1. The predicted octanol–water partition coefficient (Wildman–Crippen LogP) is 7.29. The normalized spacial score (nSPS) is 22.1. The summed E-state index contributed by atoms with van der Waals surface area (Å²) in [6.45, 7) is 1.52. The number of alkyl halides is 6. The highest BCUT2D eigenvalue weighted by Gasteiger charge is 2.86. The number of nitrogens with zero attached hydrogens (tertiary/aromatic N) is 1. The van der Waals surface area contributed by atoms with Crippen molar-refractivity contribution >= 4 is 40.7 Å². The maximum absolute atomic E-state index is 13.8. The van der Waals surface area contributed by atoms with Crippen LogP contribution in [0.1, 0.15) is 18.1 Å². The van der Waals surface area contributed by atoms with Crippen molar-refractivity contribution in [2.45, 2.75) is 25.1 Å². The minimum Gasteiger partial charge on any atom is -0.406 e. The lowest BCUT2D eigenvalue weighted by Gasteiger charge is -2.30. The number of rotatable bonds is 5. The van der Waals surface area contributed by atoms with Gasteiger partial charge >= 0.3 is 12.7 Å². The summed E-state index contributed by atoms with van der Waals surface area (Å²) in [4.78, 5) is 28.5. The highest BCUT2D eigenvalue weighted by molar-refractivity contribution is 6.36. The van der Waals surface area contributed by atoms with Crippen LogP contribution in [0.3, 0.4) is 0 Å². The van der Waals surface area contributed by atoms with Crippen molar-refractivity contribution in [2.24, 2.45) is 11.3 Å². The van der Waals surface area contributed by atoms with Crippen LogP contribution in [0.25, 0.3) is 0 Å². The van der Waals surface area contributed by atoms with Gasteiger partial charge in [0.25, 0.3) is 0 Å². The van der Waals surface area contributed by atoms with Gasteiger partial charge in [0, 0.05) is 15.5 Å². The molecule has 0 spiro atoms. The number of piperidine rings is 1. The van der Waals surface area contributed by atoms with E-state index in [1.165, 1.54) is 49.4 Å². The molecule has 1 heterocycles. The van der Waals surface area contributed by atoms with E-state index in [1.54, 1.807) is 0 Å². The van der Waals surface area contributed by atoms with E-state index in [4.69, 9.17) is 23.2 Å². The summed E-state index contributed by atoms with van der Waals surface area (Å²) in [7, 11) is 0. The Morgan fingerprint density at radius 3 is 1.49 bits per heavy atom. The van der Waals surface area contributed by atoms with Crippen molar-refractivity contribution in [1.29, 1.82) is 0 Å². The maximum atomic E-state index is 13.8. The number of hydrogen-bond donors (Lipinski definition) is 0. The second-order valence-electron chi connectivity index (χ2n) is 9.19. The quantitative estimate of drug-likeness (QED) is 0.232. The Kier molecular flexibility index (Phi) is 6.11. The van der Waals surface area contributed by atoms with Crippen molar-refractivity contribution in [1.82, 2.24) is 0 Å². The van der Waals surface area contributed by atoms with Crippen LogP contribution in [0.5, 0.6) is 11.5 Å². The Bertz CT molecular complexity index is 1390. The Labute approximate surface area is 226 Å². The molecule has 5 nitrogen and oxygen atoms in total. The van der Waals surface area contributed by atoms with Crippen LogP contribution in [0.4, 0.5) is 32.0 Å². The Hall–Kier alpha value is -3.44. The molecule has 0 aromatic heterocycles. The van der Waals surface area contributed by atoms with Gasteiger partial charge in [-0.3, -0.25) is 9.59 Å². The fraction of sp³-hybridized carbons (Fsp3) is 0.231. The predicted molar refractivity (Wildman–Crippen MR) is 128 cm³/mol. The lowest BCUT2D eigenvalue weighted by Crippen LogP contribution is -2.42. The lowest BCUT2D eigenvalue weighted by molar-refractivity contribution is -0.275. The molecule has 2 aliphatic rings. The standard InChI is InChI=1S/C26H15Cl2F6NO4/c1-23-20(21(36)35(22(23)37)17-11-15(27)10-16(28)12-17)24(23,13-2-6-18(7-3-13)38-25(29,30)31)14-4-8-19(9-5-14)39-26(32,33)34/h2-12,20H,1H3. The number of ether oxygens (including phenoxy) is 2. The second kappa shape index (κ2) is 8.79. The molecule has 2 unspecified atom stereocenters. The van der Waals surface area contributed by atoms with Crippen LogP contribution in [0.15, 0.2) is 66.7 Å². The number of imide groups is 1. The molecule has 3 aromatic carbocycles. The molecule has 2 atom stereocenters. The van der Waals surface area contributed by atoms with Gasteiger partial charge in [0.15, 0.2) is 0 Å². The fourth-order valence-electron chi connectivity index (χ4n) is 5.66. The smallest absolute Gasteiger partial charge is 0.406 e. The summed E-state index contributed by atoms with van der Waals surface area (Å²) in [5, 5.41) is 0.353. The molecule has 1 aliphatic heterocycles. The van der Waals surface area contributed by atoms with Gasteiger partial charge in [0.2, 0.25) is 11.8 Å². The van der Waals surface area contributed by atoms with Gasteiger partial charge < -0.3 is 9.47 Å². The van der Waals surface area contributed by atoms with Crippen molar-refractivity contribution in [2.75, 3.05) is 4.90 Å². The summed E-state index contributed by atoms with van der Waals surface area (Å²) < 4.78 is 84.0. The summed E-state index contributed by atoms with van der Waals surface area (Å²) in [6.07, 6.45) is -9.89. The number of benzene rings is 3. The van der Waals surface area contributed by atoms with Crippen molar-refractivity contribution in [3.8, 4) is 11.5 Å². The highest BCUT2D eigenvalue weighted by atomic mass is 35.5. The molecule has 13 heteroatoms. The first kappa shape index (κ1) is 27.1. The van der Waals surface area contributed by atoms with E-state index in [0.717, 1.165) is 29.2 Å². The van der Waals surface area contributed by atoms with E-state index in [2.05, 4.69) is 9.47 Å². The van der Waals surface area contributed by atoms with Gasteiger partial charge in [-0.25, -0.2) is 4.90 Å². The van der Waals surface area contributed by atoms with E-state index < -0.39 is 52.8 Å². The molecule has 0 radical (unpaired) electrons. The number of halogens is 8. The number of hydrogen-bond acceptors (Lipinski definition) is 4. The number of fused-ring (bicyclic) bond motifs is 1. The van der Waals surface area contributed by atoms with Crippen LogP contribution in [-0.4, -0.2) is 24.5 Å². The van der Waals surface area contributed by atoms with Crippen molar-refractivity contribution in [3.05, 3.63) is 87.9 Å². The summed E-state index contributed by atoms with van der Waals surface area (Å²) >= 11 is 12.1. The molecule has 204 valence electrons.